The Morgan fingerprint density at radius 3 is 2.32 bits per heavy atom. The van der Waals surface area contributed by atoms with Gasteiger partial charge in [-0.05, 0) is 18.2 Å². The lowest BCUT2D eigenvalue weighted by atomic mass is 10.1. The van der Waals surface area contributed by atoms with Gasteiger partial charge in [0.2, 0.25) is 0 Å². The SMILES string of the molecule is CC.COc1ccc(-n2ccc(C(F)(F)F)n2)c(CN)c1F. The van der Waals surface area contributed by atoms with Gasteiger partial charge < -0.3 is 10.5 Å². The second-order valence-corrected chi connectivity index (χ2v) is 3.93. The normalized spacial score (nSPS) is 10.9. The molecule has 2 rings (SSSR count). The number of ether oxygens (including phenoxy) is 1. The Labute approximate surface area is 125 Å². The monoisotopic (exact) mass is 319 g/mol. The molecule has 0 saturated heterocycles. The molecule has 0 fully saturated rings. The number of benzene rings is 1. The third-order valence-corrected chi connectivity index (χ3v) is 2.73. The van der Waals surface area contributed by atoms with Gasteiger partial charge in [-0.15, -0.1) is 0 Å². The number of aromatic nitrogens is 2. The van der Waals surface area contributed by atoms with Gasteiger partial charge in [0.1, 0.15) is 0 Å². The minimum atomic E-state index is -4.56. The Balaban J connectivity index is 0.00000116. The molecule has 8 heteroatoms. The second kappa shape index (κ2) is 7.26. The van der Waals surface area contributed by atoms with Gasteiger partial charge in [0.05, 0.1) is 12.8 Å². The van der Waals surface area contributed by atoms with E-state index in [1.807, 2.05) is 13.8 Å². The van der Waals surface area contributed by atoms with E-state index in [-0.39, 0.29) is 23.5 Å². The van der Waals surface area contributed by atoms with Gasteiger partial charge in [0, 0.05) is 18.3 Å². The first-order chi connectivity index (χ1) is 10.4. The summed E-state index contributed by atoms with van der Waals surface area (Å²) in [6, 6.07) is 3.51. The fraction of sp³-hybridized carbons (Fsp3) is 0.357. The largest absolute Gasteiger partial charge is 0.494 e. The van der Waals surface area contributed by atoms with Crippen LogP contribution in [0.5, 0.6) is 5.75 Å². The molecule has 1 aromatic heterocycles. The summed E-state index contributed by atoms with van der Waals surface area (Å²) in [5, 5.41) is 3.39. The maximum absolute atomic E-state index is 14.0. The van der Waals surface area contributed by atoms with Gasteiger partial charge >= 0.3 is 6.18 Å². The highest BCUT2D eigenvalue weighted by atomic mass is 19.4. The Morgan fingerprint density at radius 1 is 1.23 bits per heavy atom. The Hall–Kier alpha value is -2.09. The summed E-state index contributed by atoms with van der Waals surface area (Å²) in [5.41, 5.74) is 4.56. The molecule has 0 unspecified atom stereocenters. The number of nitrogens with two attached hydrogens (primary N) is 1. The van der Waals surface area contributed by atoms with E-state index in [4.69, 9.17) is 10.5 Å². The van der Waals surface area contributed by atoms with Crippen LogP contribution in [0.4, 0.5) is 17.6 Å². The number of alkyl halides is 3. The molecule has 0 spiro atoms. The molecule has 0 radical (unpaired) electrons. The van der Waals surface area contributed by atoms with Crippen LogP contribution in [-0.2, 0) is 12.7 Å². The maximum Gasteiger partial charge on any atom is 0.435 e. The quantitative estimate of drug-likeness (QED) is 0.881. The minimum Gasteiger partial charge on any atom is -0.494 e. The Kier molecular flexibility index (Phi) is 5.92. The molecule has 122 valence electrons. The number of methoxy groups -OCH3 is 1. The molecule has 2 N–H and O–H groups in total. The smallest absolute Gasteiger partial charge is 0.435 e. The molecular formula is C14H17F4N3O. The third kappa shape index (κ3) is 3.56. The van der Waals surface area contributed by atoms with E-state index in [1.165, 1.54) is 19.2 Å². The lowest BCUT2D eigenvalue weighted by Crippen LogP contribution is -2.11. The third-order valence-electron chi connectivity index (χ3n) is 2.73. The highest BCUT2D eigenvalue weighted by Crippen LogP contribution is 2.30. The standard InChI is InChI=1S/C12H11F4N3O.C2H6/c1-20-9-3-2-8(7(6-17)11(9)13)19-5-4-10(18-19)12(14,15)16;1-2/h2-5H,6,17H2,1H3;1-2H3. The van der Waals surface area contributed by atoms with Crippen LogP contribution in [0.2, 0.25) is 0 Å². The number of hydrogen-bond donors (Lipinski definition) is 1. The maximum atomic E-state index is 14.0. The average molecular weight is 319 g/mol. The lowest BCUT2D eigenvalue weighted by molar-refractivity contribution is -0.141. The molecule has 22 heavy (non-hydrogen) atoms. The van der Waals surface area contributed by atoms with Crippen LogP contribution in [0.3, 0.4) is 0 Å². The number of rotatable bonds is 3. The van der Waals surface area contributed by atoms with Crippen LogP contribution in [-0.4, -0.2) is 16.9 Å². The molecule has 0 aliphatic carbocycles. The van der Waals surface area contributed by atoms with Gasteiger partial charge in [0.15, 0.2) is 17.3 Å². The molecule has 0 atom stereocenters. The average Bonchev–Trinajstić information content (AvgIpc) is 2.98. The van der Waals surface area contributed by atoms with Gasteiger partial charge in [-0.2, -0.15) is 18.3 Å². The molecular weight excluding hydrogens is 302 g/mol. The van der Waals surface area contributed by atoms with E-state index in [0.717, 1.165) is 16.9 Å². The highest BCUT2D eigenvalue weighted by molar-refractivity contribution is 5.47. The van der Waals surface area contributed by atoms with Gasteiger partial charge in [0.25, 0.3) is 0 Å². The lowest BCUT2D eigenvalue weighted by Gasteiger charge is -2.12. The molecule has 4 nitrogen and oxygen atoms in total. The molecule has 0 saturated carbocycles. The first-order valence-electron chi connectivity index (χ1n) is 6.57. The second-order valence-electron chi connectivity index (χ2n) is 3.93. The van der Waals surface area contributed by atoms with Crippen LogP contribution in [0.1, 0.15) is 25.1 Å². The van der Waals surface area contributed by atoms with Crippen molar-refractivity contribution in [3.8, 4) is 11.4 Å². The van der Waals surface area contributed by atoms with Gasteiger partial charge in [-0.25, -0.2) is 9.07 Å². The van der Waals surface area contributed by atoms with Crippen LogP contribution in [0, 0.1) is 5.82 Å². The summed E-state index contributed by atoms with van der Waals surface area (Å²) in [5.74, 6) is -0.742. The Morgan fingerprint density at radius 2 is 1.86 bits per heavy atom. The molecule has 1 aromatic carbocycles. The molecule has 0 aliphatic heterocycles. The van der Waals surface area contributed by atoms with Crippen LogP contribution >= 0.6 is 0 Å². The van der Waals surface area contributed by atoms with Crippen molar-refractivity contribution < 1.29 is 22.3 Å². The predicted octanol–water partition coefficient (Wildman–Crippen LogP) is 3.52. The summed E-state index contributed by atoms with van der Waals surface area (Å²) in [6.45, 7) is 3.81. The fourth-order valence-electron chi connectivity index (χ4n) is 1.77. The van der Waals surface area contributed by atoms with Crippen molar-refractivity contribution in [2.45, 2.75) is 26.6 Å². The van der Waals surface area contributed by atoms with Crippen molar-refractivity contribution in [3.05, 3.63) is 41.5 Å². The van der Waals surface area contributed by atoms with Crippen molar-refractivity contribution in [1.82, 2.24) is 9.78 Å². The summed E-state index contributed by atoms with van der Waals surface area (Å²) in [7, 11) is 1.29. The first kappa shape index (κ1) is 18.0. The topological polar surface area (TPSA) is 53.1 Å². The summed E-state index contributed by atoms with van der Waals surface area (Å²) < 4.78 is 57.2. The first-order valence-corrected chi connectivity index (χ1v) is 6.57. The van der Waals surface area contributed by atoms with Gasteiger partial charge in [-0.1, -0.05) is 13.8 Å². The predicted molar refractivity (Wildman–Crippen MR) is 74.3 cm³/mol. The fourth-order valence-corrected chi connectivity index (χ4v) is 1.77. The zero-order valence-corrected chi connectivity index (χ0v) is 12.4. The van der Waals surface area contributed by atoms with E-state index in [0.29, 0.717) is 0 Å². The zero-order valence-electron chi connectivity index (χ0n) is 12.4. The van der Waals surface area contributed by atoms with E-state index in [9.17, 15) is 17.6 Å². The highest BCUT2D eigenvalue weighted by Gasteiger charge is 2.33. The van der Waals surface area contributed by atoms with Crippen molar-refractivity contribution in [1.29, 1.82) is 0 Å². The van der Waals surface area contributed by atoms with Crippen molar-refractivity contribution in [2.75, 3.05) is 7.11 Å². The molecule has 1 heterocycles. The van der Waals surface area contributed by atoms with E-state index in [2.05, 4.69) is 5.10 Å². The van der Waals surface area contributed by atoms with Crippen molar-refractivity contribution >= 4 is 0 Å². The van der Waals surface area contributed by atoms with Crippen molar-refractivity contribution in [2.24, 2.45) is 5.73 Å². The zero-order chi connectivity index (χ0) is 16.9. The molecule has 0 amide bonds. The van der Waals surface area contributed by atoms with Crippen LogP contribution in [0.15, 0.2) is 24.4 Å². The Bertz CT molecular complexity index is 623. The molecule has 0 bridgehead atoms. The minimum absolute atomic E-state index is 0.0289. The number of halogens is 4. The van der Waals surface area contributed by atoms with Crippen molar-refractivity contribution in [3.63, 3.8) is 0 Å². The molecule has 0 aliphatic rings. The number of hydrogen-bond acceptors (Lipinski definition) is 3. The number of nitrogens with zero attached hydrogens (tertiary/aromatic N) is 2. The summed E-state index contributed by atoms with van der Waals surface area (Å²) in [6.07, 6.45) is -3.46. The van der Waals surface area contributed by atoms with Crippen LogP contribution < -0.4 is 10.5 Å². The molecule has 2 aromatic rings. The van der Waals surface area contributed by atoms with E-state index < -0.39 is 17.7 Å². The summed E-state index contributed by atoms with van der Waals surface area (Å²) in [4.78, 5) is 0. The van der Waals surface area contributed by atoms with E-state index in [1.54, 1.807) is 0 Å². The summed E-state index contributed by atoms with van der Waals surface area (Å²) >= 11 is 0. The van der Waals surface area contributed by atoms with Gasteiger partial charge in [-0.3, -0.25) is 0 Å². The van der Waals surface area contributed by atoms with E-state index >= 15 is 0 Å². The van der Waals surface area contributed by atoms with Crippen LogP contribution in [0.25, 0.3) is 5.69 Å².